The highest BCUT2D eigenvalue weighted by atomic mass is 19.1. The summed E-state index contributed by atoms with van der Waals surface area (Å²) in [4.78, 5) is 22.8. The van der Waals surface area contributed by atoms with Gasteiger partial charge in [-0.25, -0.2) is 4.39 Å². The fourth-order valence-electron chi connectivity index (χ4n) is 1.76. The molecule has 0 aliphatic carbocycles. The molecule has 0 fully saturated rings. The summed E-state index contributed by atoms with van der Waals surface area (Å²) in [6.45, 7) is 3.38. The van der Waals surface area contributed by atoms with E-state index < -0.39 is 33.7 Å². The average Bonchev–Trinajstić information content (AvgIpc) is 2.40. The van der Waals surface area contributed by atoms with Crippen LogP contribution >= 0.6 is 0 Å². The largest absolute Gasteiger partial charge is 0.335 e. The molecule has 1 rings (SSSR count). The summed E-state index contributed by atoms with van der Waals surface area (Å²) in [6.07, 6.45) is 0.0427. The molecule has 0 aromatic heterocycles. The SMILES string of the molecule is CC(C)N(CCC#N)C(=O)c1cc(F)c([N+](=O)[O-])cc1F. The van der Waals surface area contributed by atoms with Gasteiger partial charge in [0, 0.05) is 12.6 Å². The Labute approximate surface area is 119 Å². The zero-order valence-electron chi connectivity index (χ0n) is 11.5. The number of nitriles is 1. The summed E-state index contributed by atoms with van der Waals surface area (Å²) in [6, 6.07) is 2.42. The van der Waals surface area contributed by atoms with Gasteiger partial charge in [0.05, 0.1) is 29.0 Å². The lowest BCUT2D eigenvalue weighted by Gasteiger charge is -2.26. The van der Waals surface area contributed by atoms with Gasteiger partial charge in [0.1, 0.15) is 5.82 Å². The van der Waals surface area contributed by atoms with Crippen LogP contribution in [0, 0.1) is 33.1 Å². The van der Waals surface area contributed by atoms with Crippen molar-refractivity contribution in [2.24, 2.45) is 0 Å². The van der Waals surface area contributed by atoms with E-state index in [9.17, 15) is 23.7 Å². The third-order valence-corrected chi connectivity index (χ3v) is 2.81. The van der Waals surface area contributed by atoms with Crippen LogP contribution < -0.4 is 0 Å². The molecule has 0 saturated heterocycles. The Morgan fingerprint density at radius 1 is 1.43 bits per heavy atom. The zero-order chi connectivity index (χ0) is 16.2. The first-order chi connectivity index (χ1) is 9.79. The first-order valence-corrected chi connectivity index (χ1v) is 6.11. The van der Waals surface area contributed by atoms with Gasteiger partial charge in [0.15, 0.2) is 0 Å². The van der Waals surface area contributed by atoms with Crippen LogP contribution in [0.25, 0.3) is 0 Å². The predicted molar refractivity (Wildman–Crippen MR) is 69.4 cm³/mol. The quantitative estimate of drug-likeness (QED) is 0.617. The molecule has 0 aliphatic rings. The molecule has 21 heavy (non-hydrogen) atoms. The second-order valence-corrected chi connectivity index (χ2v) is 4.54. The van der Waals surface area contributed by atoms with Crippen LogP contribution in [0.2, 0.25) is 0 Å². The Morgan fingerprint density at radius 2 is 2.05 bits per heavy atom. The third-order valence-electron chi connectivity index (χ3n) is 2.81. The van der Waals surface area contributed by atoms with E-state index in [2.05, 4.69) is 0 Å². The van der Waals surface area contributed by atoms with Gasteiger partial charge in [0.25, 0.3) is 5.91 Å². The van der Waals surface area contributed by atoms with E-state index in [0.717, 1.165) is 0 Å². The average molecular weight is 297 g/mol. The number of nitrogens with zero attached hydrogens (tertiary/aromatic N) is 3. The maximum atomic E-state index is 13.8. The van der Waals surface area contributed by atoms with E-state index in [0.29, 0.717) is 12.1 Å². The summed E-state index contributed by atoms with van der Waals surface area (Å²) >= 11 is 0. The summed E-state index contributed by atoms with van der Waals surface area (Å²) in [7, 11) is 0. The maximum absolute atomic E-state index is 13.8. The minimum atomic E-state index is -1.28. The van der Waals surface area contributed by atoms with Gasteiger partial charge in [-0.1, -0.05) is 0 Å². The van der Waals surface area contributed by atoms with Crippen LogP contribution in [0.15, 0.2) is 12.1 Å². The molecule has 0 radical (unpaired) electrons. The smallest absolute Gasteiger partial charge is 0.307 e. The van der Waals surface area contributed by atoms with E-state index in [1.165, 1.54) is 4.90 Å². The second-order valence-electron chi connectivity index (χ2n) is 4.54. The monoisotopic (exact) mass is 297 g/mol. The minimum Gasteiger partial charge on any atom is -0.335 e. The fraction of sp³-hybridized carbons (Fsp3) is 0.385. The first kappa shape index (κ1) is 16.5. The highest BCUT2D eigenvalue weighted by molar-refractivity contribution is 5.95. The van der Waals surface area contributed by atoms with Crippen molar-refractivity contribution in [3.05, 3.63) is 39.4 Å². The molecule has 6 nitrogen and oxygen atoms in total. The lowest BCUT2D eigenvalue weighted by Crippen LogP contribution is -2.38. The van der Waals surface area contributed by atoms with Gasteiger partial charge >= 0.3 is 5.69 Å². The van der Waals surface area contributed by atoms with E-state index in [1.54, 1.807) is 13.8 Å². The minimum absolute atomic E-state index is 0.0427. The van der Waals surface area contributed by atoms with Gasteiger partial charge in [-0.15, -0.1) is 0 Å². The number of halogens is 2. The topological polar surface area (TPSA) is 87.2 Å². The van der Waals surface area contributed by atoms with E-state index >= 15 is 0 Å². The maximum Gasteiger partial charge on any atom is 0.307 e. The molecule has 8 heteroatoms. The molecule has 1 aromatic rings. The van der Waals surface area contributed by atoms with E-state index in [1.807, 2.05) is 6.07 Å². The van der Waals surface area contributed by atoms with Crippen LogP contribution in [-0.2, 0) is 0 Å². The Morgan fingerprint density at radius 3 is 2.52 bits per heavy atom. The van der Waals surface area contributed by atoms with Crippen molar-refractivity contribution < 1.29 is 18.5 Å². The summed E-state index contributed by atoms with van der Waals surface area (Å²) in [5.74, 6) is -3.27. The molecule has 112 valence electrons. The lowest BCUT2D eigenvalue weighted by atomic mass is 10.1. The number of hydrogen-bond acceptors (Lipinski definition) is 4. The van der Waals surface area contributed by atoms with Gasteiger partial charge in [-0.3, -0.25) is 14.9 Å². The number of rotatable bonds is 5. The van der Waals surface area contributed by atoms with Crippen molar-refractivity contribution in [2.45, 2.75) is 26.3 Å². The van der Waals surface area contributed by atoms with Crippen LogP contribution in [0.3, 0.4) is 0 Å². The van der Waals surface area contributed by atoms with Crippen molar-refractivity contribution in [1.82, 2.24) is 4.90 Å². The Hall–Kier alpha value is -2.56. The normalized spacial score (nSPS) is 10.3. The number of amides is 1. The van der Waals surface area contributed by atoms with Crippen LogP contribution in [0.5, 0.6) is 0 Å². The highest BCUT2D eigenvalue weighted by Gasteiger charge is 2.26. The molecule has 0 N–H and O–H groups in total. The zero-order valence-corrected chi connectivity index (χ0v) is 11.5. The number of benzene rings is 1. The van der Waals surface area contributed by atoms with Crippen molar-refractivity contribution in [3.8, 4) is 6.07 Å². The van der Waals surface area contributed by atoms with E-state index in [-0.39, 0.29) is 19.0 Å². The highest BCUT2D eigenvalue weighted by Crippen LogP contribution is 2.23. The van der Waals surface area contributed by atoms with Gasteiger partial charge in [-0.05, 0) is 19.9 Å². The van der Waals surface area contributed by atoms with Crippen molar-refractivity contribution in [3.63, 3.8) is 0 Å². The summed E-state index contributed by atoms with van der Waals surface area (Å²) in [5.41, 5.74) is -1.62. The number of carbonyl (C=O) groups excluding carboxylic acids is 1. The van der Waals surface area contributed by atoms with Crippen molar-refractivity contribution >= 4 is 11.6 Å². The van der Waals surface area contributed by atoms with E-state index in [4.69, 9.17) is 5.26 Å². The molecule has 0 heterocycles. The van der Waals surface area contributed by atoms with Crippen LogP contribution in [0.4, 0.5) is 14.5 Å². The first-order valence-electron chi connectivity index (χ1n) is 6.11. The number of nitro groups is 1. The molecule has 0 bridgehead atoms. The van der Waals surface area contributed by atoms with Crippen molar-refractivity contribution in [2.75, 3.05) is 6.54 Å². The van der Waals surface area contributed by atoms with Crippen molar-refractivity contribution in [1.29, 1.82) is 5.26 Å². The Bertz CT molecular complexity index is 611. The van der Waals surface area contributed by atoms with Crippen LogP contribution in [0.1, 0.15) is 30.6 Å². The van der Waals surface area contributed by atoms with Gasteiger partial charge < -0.3 is 4.90 Å². The standard InChI is InChI=1S/C13H13F2N3O3/c1-8(2)17(5-3-4-16)13(19)9-6-11(15)12(18(20)21)7-10(9)14/h6-8H,3,5H2,1-2H3. The predicted octanol–water partition coefficient (Wildman–Crippen LogP) is 2.64. The molecule has 0 aliphatic heterocycles. The third kappa shape index (κ3) is 3.72. The molecule has 0 saturated carbocycles. The molecule has 0 atom stereocenters. The molecule has 1 aromatic carbocycles. The Balaban J connectivity index is 3.20. The van der Waals surface area contributed by atoms with Crippen LogP contribution in [-0.4, -0.2) is 28.3 Å². The summed E-state index contributed by atoms with van der Waals surface area (Å²) in [5, 5.41) is 19.1. The molecule has 0 unspecified atom stereocenters. The molecular weight excluding hydrogens is 284 g/mol. The Kier molecular flexibility index (Phi) is 5.30. The second kappa shape index (κ2) is 6.74. The molecule has 0 spiro atoms. The number of carbonyl (C=O) groups is 1. The molecular formula is C13H13F2N3O3. The fourth-order valence-corrected chi connectivity index (χ4v) is 1.76. The van der Waals surface area contributed by atoms with Gasteiger partial charge in [0.2, 0.25) is 5.82 Å². The number of hydrogen-bond donors (Lipinski definition) is 0. The lowest BCUT2D eigenvalue weighted by molar-refractivity contribution is -0.387. The molecule has 1 amide bonds. The van der Waals surface area contributed by atoms with Gasteiger partial charge in [-0.2, -0.15) is 9.65 Å². The summed E-state index contributed by atoms with van der Waals surface area (Å²) < 4.78 is 27.3. The number of nitro benzene ring substituents is 1.